The largest absolute Gasteiger partial charge is 0.507 e. The SMILES string of the molecule is CC1OC1C(=O)[C@H](C)NC(=O)[C@@H]1Cc2ccc(O)c(c2)-c2cc(ccc2O)[C@H](N(C)C(=O)[C@H](CCCCN)CC(=O)c2ccc(-c3ccc(Cl)cc3)cc2)C(=O)C[C@@H](C)C(=O)N1. The number of unbranched alkanes of at least 4 members (excludes halogenated alkanes) is 1. The van der Waals surface area contributed by atoms with Gasteiger partial charge in [-0.2, -0.15) is 0 Å². The lowest BCUT2D eigenvalue weighted by Crippen LogP contribution is -2.53. The molecule has 62 heavy (non-hydrogen) atoms. The molecule has 2 aliphatic rings. The Labute approximate surface area is 366 Å². The lowest BCUT2D eigenvalue weighted by Gasteiger charge is -2.32. The molecule has 326 valence electrons. The van der Waals surface area contributed by atoms with Crippen molar-refractivity contribution < 1.29 is 43.7 Å². The minimum atomic E-state index is -1.28. The maximum atomic E-state index is 14.6. The summed E-state index contributed by atoms with van der Waals surface area (Å²) in [7, 11) is 1.47. The molecule has 0 spiro atoms. The summed E-state index contributed by atoms with van der Waals surface area (Å²) >= 11 is 6.06. The highest BCUT2D eigenvalue weighted by atomic mass is 35.5. The van der Waals surface area contributed by atoms with E-state index < -0.39 is 59.6 Å². The summed E-state index contributed by atoms with van der Waals surface area (Å²) in [5.74, 6) is -5.06. The van der Waals surface area contributed by atoms with E-state index in [1.807, 2.05) is 24.3 Å². The lowest BCUT2D eigenvalue weighted by atomic mass is 9.88. The summed E-state index contributed by atoms with van der Waals surface area (Å²) < 4.78 is 5.29. The van der Waals surface area contributed by atoms with E-state index in [4.69, 9.17) is 22.1 Å². The fraction of sp³-hybridized carbons (Fsp3) is 0.375. The summed E-state index contributed by atoms with van der Waals surface area (Å²) in [5, 5.41) is 28.3. The summed E-state index contributed by atoms with van der Waals surface area (Å²) in [6.07, 6.45) is 0.0410. The van der Waals surface area contributed by atoms with Gasteiger partial charge in [0.2, 0.25) is 17.7 Å². The summed E-state index contributed by atoms with van der Waals surface area (Å²) in [6.45, 7) is 5.21. The molecule has 4 bridgehead atoms. The Balaban J connectivity index is 1.31. The van der Waals surface area contributed by atoms with Gasteiger partial charge in [-0.1, -0.05) is 73.5 Å². The predicted molar refractivity (Wildman–Crippen MR) is 234 cm³/mol. The molecule has 2 heterocycles. The van der Waals surface area contributed by atoms with Crippen LogP contribution in [0.1, 0.15) is 80.4 Å². The predicted octanol–water partition coefficient (Wildman–Crippen LogP) is 6.10. The molecule has 4 aromatic rings. The van der Waals surface area contributed by atoms with E-state index in [9.17, 15) is 39.0 Å². The average molecular weight is 865 g/mol. The Kier molecular flexibility index (Phi) is 14.6. The Hall–Kier alpha value is -5.89. The van der Waals surface area contributed by atoms with Crippen molar-refractivity contribution in [1.29, 1.82) is 0 Å². The second kappa shape index (κ2) is 19.9. The molecule has 0 saturated carbocycles. The number of phenolic OH excluding ortho intramolecular Hbond substituents is 2. The van der Waals surface area contributed by atoms with Crippen molar-refractivity contribution in [3.63, 3.8) is 0 Å². The number of likely N-dealkylation sites (N-methyl/N-ethyl adjacent to an activating group) is 1. The van der Waals surface area contributed by atoms with Crippen molar-refractivity contribution in [3.05, 3.63) is 107 Å². The van der Waals surface area contributed by atoms with Gasteiger partial charge in [-0.25, -0.2) is 0 Å². The molecular weight excluding hydrogens is 812 g/mol. The molecule has 7 atom stereocenters. The Bertz CT molecular complexity index is 2330. The van der Waals surface area contributed by atoms with Gasteiger partial charge in [0.05, 0.1) is 12.1 Å². The zero-order valence-electron chi connectivity index (χ0n) is 35.2. The molecule has 1 fully saturated rings. The second-order valence-electron chi connectivity index (χ2n) is 16.4. The van der Waals surface area contributed by atoms with Crippen LogP contribution in [0.2, 0.25) is 5.02 Å². The topological polar surface area (TPSA) is 209 Å². The number of amides is 3. The molecule has 6 N–H and O–H groups in total. The van der Waals surface area contributed by atoms with E-state index in [1.165, 1.54) is 43.1 Å². The van der Waals surface area contributed by atoms with E-state index in [0.717, 1.165) is 11.1 Å². The fourth-order valence-corrected chi connectivity index (χ4v) is 8.09. The number of nitrogens with zero attached hydrogens (tertiary/aromatic N) is 1. The van der Waals surface area contributed by atoms with Crippen molar-refractivity contribution >= 4 is 46.7 Å². The number of aromatic hydroxyl groups is 2. The third kappa shape index (κ3) is 10.8. The van der Waals surface area contributed by atoms with Crippen LogP contribution in [-0.2, 0) is 35.1 Å². The molecular formula is C48H53ClN4O9. The third-order valence-electron chi connectivity index (χ3n) is 11.7. The monoisotopic (exact) mass is 864 g/mol. The van der Waals surface area contributed by atoms with Gasteiger partial charge in [0.25, 0.3) is 0 Å². The number of ketones is 3. The fourth-order valence-electron chi connectivity index (χ4n) is 7.97. The number of phenols is 2. The number of hydrogen-bond donors (Lipinski definition) is 5. The molecule has 0 radical (unpaired) electrons. The number of hydrogen-bond acceptors (Lipinski definition) is 10. The first-order valence-corrected chi connectivity index (χ1v) is 21.3. The molecule has 4 aromatic carbocycles. The van der Waals surface area contributed by atoms with Gasteiger partial charge in [-0.05, 0) is 91.9 Å². The number of fused-ring (bicyclic) bond motifs is 5. The Morgan fingerprint density at radius 3 is 2.13 bits per heavy atom. The normalized spacial score (nSPS) is 20.8. The number of ether oxygens (including phenoxy) is 1. The minimum absolute atomic E-state index is 0.0557. The highest BCUT2D eigenvalue weighted by Crippen LogP contribution is 2.40. The van der Waals surface area contributed by atoms with E-state index in [1.54, 1.807) is 50.2 Å². The molecule has 3 amide bonds. The van der Waals surface area contributed by atoms with Crippen LogP contribution in [0.4, 0.5) is 0 Å². The first-order valence-electron chi connectivity index (χ1n) is 20.9. The van der Waals surface area contributed by atoms with Crippen LogP contribution in [0, 0.1) is 11.8 Å². The zero-order valence-corrected chi connectivity index (χ0v) is 36.0. The van der Waals surface area contributed by atoms with Gasteiger partial charge in [0.15, 0.2) is 17.3 Å². The molecule has 14 heteroatoms. The van der Waals surface area contributed by atoms with Gasteiger partial charge in [-0.3, -0.25) is 28.8 Å². The summed E-state index contributed by atoms with van der Waals surface area (Å²) in [5.41, 5.74) is 9.18. The maximum absolute atomic E-state index is 14.6. The highest BCUT2D eigenvalue weighted by molar-refractivity contribution is 6.30. The molecule has 1 saturated heterocycles. The van der Waals surface area contributed by atoms with E-state index in [0.29, 0.717) is 47.5 Å². The third-order valence-corrected chi connectivity index (χ3v) is 12.0. The number of Topliss-reactive ketones (excluding diaryl/α,β-unsaturated/α-hetero) is 3. The second-order valence-corrected chi connectivity index (χ2v) is 16.8. The lowest BCUT2D eigenvalue weighted by molar-refractivity contribution is -0.142. The van der Waals surface area contributed by atoms with Crippen molar-refractivity contribution in [1.82, 2.24) is 15.5 Å². The number of rotatable bonds is 14. The van der Waals surface area contributed by atoms with Crippen molar-refractivity contribution in [2.75, 3.05) is 13.6 Å². The molecule has 0 aliphatic carbocycles. The van der Waals surface area contributed by atoms with Crippen LogP contribution in [0.15, 0.2) is 84.9 Å². The van der Waals surface area contributed by atoms with Crippen LogP contribution in [-0.4, -0.2) is 88.1 Å². The van der Waals surface area contributed by atoms with Crippen LogP contribution in [0.5, 0.6) is 11.5 Å². The Morgan fingerprint density at radius 1 is 0.887 bits per heavy atom. The van der Waals surface area contributed by atoms with E-state index in [2.05, 4.69) is 10.6 Å². The van der Waals surface area contributed by atoms with Gasteiger partial charge in [0.1, 0.15) is 29.7 Å². The number of carbonyl (C=O) groups is 6. The van der Waals surface area contributed by atoms with Gasteiger partial charge < -0.3 is 36.2 Å². The Morgan fingerprint density at radius 2 is 1.50 bits per heavy atom. The number of epoxide rings is 1. The summed E-state index contributed by atoms with van der Waals surface area (Å²) in [4.78, 5) is 84.7. The van der Waals surface area contributed by atoms with Gasteiger partial charge in [0, 0.05) is 59.9 Å². The standard InChI is InChI=1S/C48H53ClN4O9/c1-26-21-42(57)43(53(4)48(61)34(7-5-6-20-50)25-41(56)32-11-9-30(10-12-32)31-13-16-35(49)17-14-31)33-15-19-40(55)37(24-33)36-22-29(8-18-39(36)54)23-38(52-46(26)59)47(60)51-27(2)44(58)45-28(3)62-45/h8-19,22,24,26-28,34,38,43,45,54-55H,5-7,20-21,23,25,50H2,1-4H3,(H,51,60)(H,52,59)/t26-,27+,28?,34-,38+,43+,45?/m1/s1. The van der Waals surface area contributed by atoms with Gasteiger partial charge in [-0.15, -0.1) is 0 Å². The van der Waals surface area contributed by atoms with Crippen LogP contribution >= 0.6 is 11.6 Å². The molecule has 6 rings (SSSR count). The van der Waals surface area contributed by atoms with E-state index in [-0.39, 0.29) is 59.6 Å². The molecule has 2 unspecified atom stereocenters. The average Bonchev–Trinajstić information content (AvgIpc) is 3.99. The summed E-state index contributed by atoms with van der Waals surface area (Å²) in [6, 6.07) is 20.0. The molecule has 0 aromatic heterocycles. The van der Waals surface area contributed by atoms with E-state index >= 15 is 0 Å². The van der Waals surface area contributed by atoms with Crippen LogP contribution < -0.4 is 16.4 Å². The van der Waals surface area contributed by atoms with Crippen LogP contribution in [0.25, 0.3) is 22.3 Å². The number of benzene rings is 4. The first-order chi connectivity index (χ1) is 29.6. The van der Waals surface area contributed by atoms with Crippen molar-refractivity contribution in [3.8, 4) is 33.8 Å². The minimum Gasteiger partial charge on any atom is -0.507 e. The van der Waals surface area contributed by atoms with Crippen molar-refractivity contribution in [2.24, 2.45) is 17.6 Å². The number of nitrogens with one attached hydrogen (secondary N) is 2. The number of halogens is 1. The van der Waals surface area contributed by atoms with Gasteiger partial charge >= 0.3 is 0 Å². The molecule has 13 nitrogen and oxygen atoms in total. The first kappa shape index (κ1) is 45.6. The number of nitrogens with two attached hydrogens (primary N) is 1. The quantitative estimate of drug-likeness (QED) is 0.0559. The van der Waals surface area contributed by atoms with Crippen molar-refractivity contribution in [2.45, 2.75) is 89.6 Å². The number of carbonyl (C=O) groups excluding carboxylic acids is 6. The maximum Gasteiger partial charge on any atom is 0.243 e. The zero-order chi connectivity index (χ0) is 44.8. The van der Waals surface area contributed by atoms with Crippen LogP contribution in [0.3, 0.4) is 0 Å². The molecule has 2 aliphatic heterocycles. The highest BCUT2D eigenvalue weighted by Gasteiger charge is 2.43. The smallest absolute Gasteiger partial charge is 0.243 e.